The number of halogens is 3. The zero-order valence-corrected chi connectivity index (χ0v) is 11.2. The van der Waals surface area contributed by atoms with Crippen molar-refractivity contribution in [3.05, 3.63) is 35.4 Å². The van der Waals surface area contributed by atoms with E-state index in [2.05, 4.69) is 4.18 Å². The summed E-state index contributed by atoms with van der Waals surface area (Å²) in [6.07, 6.45) is -1.91. The molecular weight excluding hydrogens is 315 g/mol. The average Bonchev–Trinajstić information content (AvgIpc) is 2.60. The van der Waals surface area contributed by atoms with Crippen LogP contribution in [0.15, 0.2) is 24.3 Å². The molecule has 114 valence electrons. The quantitative estimate of drug-likeness (QED) is 0.478. The first-order chi connectivity index (χ1) is 9.56. The lowest BCUT2D eigenvalue weighted by Gasteiger charge is -2.22. The first-order valence-corrected chi connectivity index (χ1v) is 6.93. The highest BCUT2D eigenvalue weighted by Gasteiger charge is 2.50. The second-order valence-corrected chi connectivity index (χ2v) is 5.68. The van der Waals surface area contributed by atoms with Crippen LogP contribution in [0.5, 0.6) is 0 Å². The summed E-state index contributed by atoms with van der Waals surface area (Å²) in [7, 11) is -5.91. The van der Waals surface area contributed by atoms with Crippen molar-refractivity contribution >= 4 is 21.9 Å². The van der Waals surface area contributed by atoms with E-state index >= 15 is 0 Å². The van der Waals surface area contributed by atoms with Gasteiger partial charge in [-0.05, 0) is 19.1 Å². The number of carbonyl (C=O) groups excluding carboxylic acids is 2. The molecule has 0 bridgehead atoms. The topological polar surface area (TPSA) is 80.8 Å². The summed E-state index contributed by atoms with van der Waals surface area (Å²) in [5.74, 6) is -1.83. The van der Waals surface area contributed by atoms with E-state index in [1.807, 2.05) is 0 Å². The number of benzene rings is 1. The predicted octanol–water partition coefficient (Wildman–Crippen LogP) is 1.49. The highest BCUT2D eigenvalue weighted by Crippen LogP contribution is 2.29. The number of hydrogen-bond acceptors (Lipinski definition) is 5. The summed E-state index contributed by atoms with van der Waals surface area (Å²) in [5, 5.41) is 0. The Morgan fingerprint density at radius 3 is 1.90 bits per heavy atom. The average molecular weight is 323 g/mol. The van der Waals surface area contributed by atoms with E-state index in [0.29, 0.717) is 4.90 Å². The van der Waals surface area contributed by atoms with Crippen LogP contribution in [0.25, 0.3) is 0 Å². The standard InChI is InChI=1S/C11H8F3NO5S/c1-6(20-21(18,19)11(12,13)14)15-9(16)7-4-2-3-5-8(7)10(15)17/h2-6H,1H3. The molecule has 2 rings (SSSR count). The first kappa shape index (κ1) is 15.4. The van der Waals surface area contributed by atoms with Gasteiger partial charge in [-0.3, -0.25) is 9.59 Å². The maximum absolute atomic E-state index is 12.2. The fourth-order valence-electron chi connectivity index (χ4n) is 1.82. The molecule has 1 aromatic rings. The van der Waals surface area contributed by atoms with Crippen LogP contribution in [0.4, 0.5) is 13.2 Å². The Hall–Kier alpha value is -1.94. The van der Waals surface area contributed by atoms with Gasteiger partial charge in [0.05, 0.1) is 11.1 Å². The van der Waals surface area contributed by atoms with Gasteiger partial charge in [-0.2, -0.15) is 21.6 Å². The van der Waals surface area contributed by atoms with Gasteiger partial charge in [-0.1, -0.05) is 12.1 Å². The number of rotatable bonds is 3. The highest BCUT2D eigenvalue weighted by atomic mass is 32.2. The number of alkyl halides is 3. The summed E-state index contributed by atoms with van der Waals surface area (Å²) in [4.78, 5) is 24.2. The van der Waals surface area contributed by atoms with Crippen LogP contribution in [-0.2, 0) is 14.3 Å². The van der Waals surface area contributed by atoms with Gasteiger partial charge in [0.2, 0.25) is 0 Å². The molecule has 0 spiro atoms. The van der Waals surface area contributed by atoms with Gasteiger partial charge in [-0.15, -0.1) is 0 Å². The molecule has 0 saturated heterocycles. The SMILES string of the molecule is CC(OS(=O)(=O)C(F)(F)F)N1C(=O)c2ccccc2C1=O. The van der Waals surface area contributed by atoms with Gasteiger partial charge in [0.25, 0.3) is 11.8 Å². The molecule has 1 aromatic carbocycles. The predicted molar refractivity (Wildman–Crippen MR) is 62.5 cm³/mol. The van der Waals surface area contributed by atoms with Crippen molar-refractivity contribution in [2.24, 2.45) is 0 Å². The molecule has 1 unspecified atom stereocenters. The van der Waals surface area contributed by atoms with Crippen LogP contribution in [-0.4, -0.2) is 36.9 Å². The van der Waals surface area contributed by atoms with E-state index in [0.717, 1.165) is 6.92 Å². The zero-order valence-electron chi connectivity index (χ0n) is 10.4. The van der Waals surface area contributed by atoms with E-state index in [9.17, 15) is 31.2 Å². The Morgan fingerprint density at radius 2 is 1.52 bits per heavy atom. The van der Waals surface area contributed by atoms with Crippen molar-refractivity contribution in [3.63, 3.8) is 0 Å². The van der Waals surface area contributed by atoms with E-state index in [4.69, 9.17) is 0 Å². The highest BCUT2D eigenvalue weighted by molar-refractivity contribution is 7.87. The van der Waals surface area contributed by atoms with Crippen LogP contribution in [0, 0.1) is 0 Å². The molecule has 10 heteroatoms. The zero-order chi connectivity index (χ0) is 16.0. The maximum atomic E-state index is 12.2. The Morgan fingerprint density at radius 1 is 1.10 bits per heavy atom. The lowest BCUT2D eigenvalue weighted by molar-refractivity contribution is -0.0618. The first-order valence-electron chi connectivity index (χ1n) is 5.53. The Bertz CT molecular complexity index is 678. The van der Waals surface area contributed by atoms with Crippen LogP contribution in [0.3, 0.4) is 0 Å². The molecule has 6 nitrogen and oxygen atoms in total. The third kappa shape index (κ3) is 2.51. The second kappa shape index (κ2) is 4.81. The number of nitrogens with zero attached hydrogens (tertiary/aromatic N) is 1. The molecule has 1 aliphatic rings. The lowest BCUT2D eigenvalue weighted by atomic mass is 10.1. The molecule has 21 heavy (non-hydrogen) atoms. The smallest absolute Gasteiger partial charge is 0.268 e. The summed E-state index contributed by atoms with van der Waals surface area (Å²) in [6, 6.07) is 5.54. The van der Waals surface area contributed by atoms with Crippen molar-refractivity contribution in [2.75, 3.05) is 0 Å². The summed E-state index contributed by atoms with van der Waals surface area (Å²) >= 11 is 0. The van der Waals surface area contributed by atoms with Crippen LogP contribution < -0.4 is 0 Å². The molecule has 0 aromatic heterocycles. The number of fused-ring (bicyclic) bond motifs is 1. The number of imide groups is 1. The minimum absolute atomic E-state index is 0.0256. The molecule has 1 atom stereocenters. The van der Waals surface area contributed by atoms with E-state index in [1.165, 1.54) is 24.3 Å². The minimum Gasteiger partial charge on any atom is -0.268 e. The van der Waals surface area contributed by atoms with Crippen molar-refractivity contribution in [1.82, 2.24) is 4.90 Å². The van der Waals surface area contributed by atoms with Gasteiger partial charge < -0.3 is 0 Å². The minimum atomic E-state index is -5.91. The molecule has 0 aliphatic carbocycles. The molecule has 1 aliphatic heterocycles. The van der Waals surface area contributed by atoms with Crippen molar-refractivity contribution in [3.8, 4) is 0 Å². The Balaban J connectivity index is 2.29. The lowest BCUT2D eigenvalue weighted by Crippen LogP contribution is -2.42. The van der Waals surface area contributed by atoms with Crippen molar-refractivity contribution in [2.45, 2.75) is 18.7 Å². The van der Waals surface area contributed by atoms with Crippen LogP contribution in [0.1, 0.15) is 27.6 Å². The van der Waals surface area contributed by atoms with Crippen LogP contribution in [0.2, 0.25) is 0 Å². The largest absolute Gasteiger partial charge is 0.523 e. The molecule has 1 heterocycles. The van der Waals surface area contributed by atoms with Crippen molar-refractivity contribution < 1.29 is 35.4 Å². The number of carbonyl (C=O) groups is 2. The normalized spacial score (nSPS) is 17.0. The van der Waals surface area contributed by atoms with Gasteiger partial charge >= 0.3 is 15.6 Å². The van der Waals surface area contributed by atoms with Gasteiger partial charge in [0.1, 0.15) is 0 Å². The van der Waals surface area contributed by atoms with E-state index in [1.54, 1.807) is 0 Å². The maximum Gasteiger partial charge on any atom is 0.523 e. The third-order valence-corrected chi connectivity index (χ3v) is 3.84. The van der Waals surface area contributed by atoms with E-state index in [-0.39, 0.29) is 11.1 Å². The fraction of sp³-hybridized carbons (Fsp3) is 0.273. The van der Waals surface area contributed by atoms with Crippen molar-refractivity contribution in [1.29, 1.82) is 0 Å². The molecule has 2 amide bonds. The molecular formula is C11H8F3NO5S. The number of amides is 2. The van der Waals surface area contributed by atoms with E-state index < -0.39 is 33.7 Å². The summed E-state index contributed by atoms with van der Waals surface area (Å²) in [6.45, 7) is 0.866. The van der Waals surface area contributed by atoms with Gasteiger partial charge in [0.15, 0.2) is 6.23 Å². The summed E-state index contributed by atoms with van der Waals surface area (Å²) in [5.41, 5.74) is -5.69. The fourth-order valence-corrected chi connectivity index (χ4v) is 2.38. The molecule has 0 saturated carbocycles. The number of hydrogen-bond donors (Lipinski definition) is 0. The summed E-state index contributed by atoms with van der Waals surface area (Å²) < 4.78 is 62.4. The molecule has 0 fully saturated rings. The third-order valence-electron chi connectivity index (χ3n) is 2.74. The monoisotopic (exact) mass is 323 g/mol. The van der Waals surface area contributed by atoms with Gasteiger partial charge in [0, 0.05) is 0 Å². The van der Waals surface area contributed by atoms with Gasteiger partial charge in [-0.25, -0.2) is 9.08 Å². The molecule has 0 N–H and O–H groups in total. The second-order valence-electron chi connectivity index (χ2n) is 4.12. The Kier molecular flexibility index (Phi) is 3.54. The van der Waals surface area contributed by atoms with Crippen LogP contribution >= 0.6 is 0 Å². The molecule has 0 radical (unpaired) electrons. The Labute approximate surface area is 117 Å².